The van der Waals surface area contributed by atoms with Crippen LogP contribution >= 0.6 is 0 Å². The highest BCUT2D eigenvalue weighted by atomic mass is 16.5. The minimum Gasteiger partial charge on any atom is -0.491 e. The maximum Gasteiger partial charge on any atom is 0.219 e. The highest BCUT2D eigenvalue weighted by molar-refractivity contribution is 5.73. The summed E-state index contributed by atoms with van der Waals surface area (Å²) in [5, 5.41) is 0. The van der Waals surface area contributed by atoms with Crippen LogP contribution in [0.1, 0.15) is 65.9 Å². The molecule has 31 heavy (non-hydrogen) atoms. The van der Waals surface area contributed by atoms with E-state index in [0.717, 1.165) is 34.3 Å². The molecule has 1 unspecified atom stereocenters. The summed E-state index contributed by atoms with van der Waals surface area (Å²) in [7, 11) is 0. The first-order valence-electron chi connectivity index (χ1n) is 11.4. The Bertz CT molecular complexity index is 821. The van der Waals surface area contributed by atoms with Crippen LogP contribution in [-0.2, 0) is 11.3 Å². The molecule has 1 aliphatic rings. The Hall–Kier alpha value is -2.63. The molecule has 0 bridgehead atoms. The van der Waals surface area contributed by atoms with Crippen LogP contribution in [0.3, 0.4) is 0 Å². The lowest BCUT2D eigenvalue weighted by molar-refractivity contribution is -0.129. The monoisotopic (exact) mass is 426 g/mol. The molecule has 1 aromatic carbocycles. The summed E-state index contributed by atoms with van der Waals surface area (Å²) in [6.07, 6.45) is 8.95. The quantitative estimate of drug-likeness (QED) is 0.675. The third kappa shape index (κ3) is 8.19. The Labute approximate surface area is 187 Å². The zero-order valence-electron chi connectivity index (χ0n) is 19.7. The van der Waals surface area contributed by atoms with Crippen LogP contribution in [0, 0.1) is 11.8 Å². The molecule has 0 aliphatic carbocycles. The SMILES string of the molecule is CC(=O)N1CCOc2ccc(-c3cnc(N)nc3)cc2C1.CCCC(C)CCC(C)C. The van der Waals surface area contributed by atoms with Crippen molar-refractivity contribution in [3.8, 4) is 16.9 Å². The molecular weight excluding hydrogens is 388 g/mol. The molecule has 0 radical (unpaired) electrons. The average molecular weight is 427 g/mol. The summed E-state index contributed by atoms with van der Waals surface area (Å²) in [4.78, 5) is 21.4. The van der Waals surface area contributed by atoms with Gasteiger partial charge in [0.2, 0.25) is 11.9 Å². The third-order valence-corrected chi connectivity index (χ3v) is 5.51. The van der Waals surface area contributed by atoms with E-state index in [1.54, 1.807) is 24.2 Å². The number of hydrogen-bond acceptors (Lipinski definition) is 5. The van der Waals surface area contributed by atoms with E-state index in [1.165, 1.54) is 25.7 Å². The van der Waals surface area contributed by atoms with Gasteiger partial charge in [0.05, 0.1) is 6.54 Å². The second-order valence-corrected chi connectivity index (χ2v) is 8.81. The molecule has 2 N–H and O–H groups in total. The lowest BCUT2D eigenvalue weighted by atomic mass is 9.96. The number of nitrogen functional groups attached to an aromatic ring is 1. The number of amides is 1. The van der Waals surface area contributed by atoms with Crippen molar-refractivity contribution in [2.75, 3.05) is 18.9 Å². The van der Waals surface area contributed by atoms with E-state index in [2.05, 4.69) is 37.7 Å². The number of carbonyl (C=O) groups excluding carboxylic acids is 1. The van der Waals surface area contributed by atoms with E-state index in [-0.39, 0.29) is 11.9 Å². The first-order valence-corrected chi connectivity index (χ1v) is 11.4. The molecule has 0 spiro atoms. The van der Waals surface area contributed by atoms with Crippen molar-refractivity contribution >= 4 is 11.9 Å². The smallest absolute Gasteiger partial charge is 0.219 e. The third-order valence-electron chi connectivity index (χ3n) is 5.51. The van der Waals surface area contributed by atoms with Crippen LogP contribution in [0.25, 0.3) is 11.1 Å². The number of fused-ring (bicyclic) bond motifs is 1. The van der Waals surface area contributed by atoms with Crippen molar-refractivity contribution < 1.29 is 9.53 Å². The average Bonchev–Trinajstić information content (AvgIpc) is 2.95. The number of rotatable bonds is 6. The van der Waals surface area contributed by atoms with Crippen molar-refractivity contribution in [3.63, 3.8) is 0 Å². The van der Waals surface area contributed by atoms with Crippen molar-refractivity contribution in [1.82, 2.24) is 14.9 Å². The maximum atomic E-state index is 11.6. The number of carbonyl (C=O) groups is 1. The van der Waals surface area contributed by atoms with Gasteiger partial charge >= 0.3 is 0 Å². The molecule has 3 rings (SSSR count). The molecule has 2 heterocycles. The Morgan fingerprint density at radius 1 is 1.13 bits per heavy atom. The molecule has 2 aromatic rings. The van der Waals surface area contributed by atoms with Gasteiger partial charge in [-0.25, -0.2) is 9.97 Å². The molecule has 170 valence electrons. The Kier molecular flexibility index (Phi) is 9.76. The number of ether oxygens (including phenoxy) is 1. The molecule has 0 saturated carbocycles. The van der Waals surface area contributed by atoms with Crippen LogP contribution in [0.2, 0.25) is 0 Å². The molecule has 1 aromatic heterocycles. The van der Waals surface area contributed by atoms with Gasteiger partial charge in [-0.15, -0.1) is 0 Å². The van der Waals surface area contributed by atoms with E-state index < -0.39 is 0 Å². The van der Waals surface area contributed by atoms with Gasteiger partial charge in [-0.05, 0) is 29.5 Å². The fourth-order valence-corrected chi connectivity index (χ4v) is 3.58. The van der Waals surface area contributed by atoms with E-state index >= 15 is 0 Å². The highest BCUT2D eigenvalue weighted by Gasteiger charge is 2.17. The minimum atomic E-state index is 0.0488. The molecular formula is C25H38N4O2. The van der Waals surface area contributed by atoms with Crippen molar-refractivity contribution in [2.45, 2.75) is 66.8 Å². The largest absolute Gasteiger partial charge is 0.491 e. The zero-order chi connectivity index (χ0) is 22.8. The fourth-order valence-electron chi connectivity index (χ4n) is 3.58. The second-order valence-electron chi connectivity index (χ2n) is 8.81. The van der Waals surface area contributed by atoms with Crippen molar-refractivity contribution in [1.29, 1.82) is 0 Å². The first-order chi connectivity index (χ1) is 14.8. The summed E-state index contributed by atoms with van der Waals surface area (Å²) in [6, 6.07) is 5.88. The van der Waals surface area contributed by atoms with E-state index in [1.807, 2.05) is 18.2 Å². The number of nitrogens with zero attached hydrogens (tertiary/aromatic N) is 3. The van der Waals surface area contributed by atoms with Gasteiger partial charge in [-0.3, -0.25) is 4.79 Å². The normalized spacial score (nSPS) is 14.1. The van der Waals surface area contributed by atoms with Crippen LogP contribution < -0.4 is 10.5 Å². The van der Waals surface area contributed by atoms with E-state index in [9.17, 15) is 4.79 Å². The summed E-state index contributed by atoms with van der Waals surface area (Å²) in [5.41, 5.74) is 8.34. The second kappa shape index (κ2) is 12.3. The number of benzene rings is 1. The first kappa shape index (κ1) is 24.6. The maximum absolute atomic E-state index is 11.6. The van der Waals surface area contributed by atoms with Gasteiger partial charge in [0, 0.05) is 37.0 Å². The van der Waals surface area contributed by atoms with Crippen LogP contribution in [-0.4, -0.2) is 33.9 Å². The van der Waals surface area contributed by atoms with Gasteiger partial charge in [-0.2, -0.15) is 0 Å². The molecule has 0 fully saturated rings. The van der Waals surface area contributed by atoms with E-state index in [0.29, 0.717) is 19.7 Å². The van der Waals surface area contributed by atoms with Crippen LogP contribution in [0.4, 0.5) is 5.95 Å². The number of aromatic nitrogens is 2. The topological polar surface area (TPSA) is 81.3 Å². The predicted molar refractivity (Wildman–Crippen MR) is 127 cm³/mol. The summed E-state index contributed by atoms with van der Waals surface area (Å²) in [6.45, 7) is 12.5. The Morgan fingerprint density at radius 3 is 2.45 bits per heavy atom. The molecule has 6 heteroatoms. The Balaban J connectivity index is 0.000000291. The number of nitrogens with two attached hydrogens (primary N) is 1. The van der Waals surface area contributed by atoms with Crippen LogP contribution in [0.15, 0.2) is 30.6 Å². The van der Waals surface area contributed by atoms with Gasteiger partial charge in [0.15, 0.2) is 0 Å². The van der Waals surface area contributed by atoms with Gasteiger partial charge in [0.1, 0.15) is 12.4 Å². The predicted octanol–water partition coefficient (Wildman–Crippen LogP) is 5.33. The molecule has 1 atom stereocenters. The summed E-state index contributed by atoms with van der Waals surface area (Å²) >= 11 is 0. The van der Waals surface area contributed by atoms with Crippen molar-refractivity contribution in [2.24, 2.45) is 11.8 Å². The Morgan fingerprint density at radius 2 is 1.84 bits per heavy atom. The standard InChI is InChI=1S/C15H16N4O2.C10H22/c1-10(20)19-4-5-21-14-3-2-11(6-12(14)9-19)13-7-17-15(16)18-8-13;1-5-6-10(4)8-7-9(2)3/h2-3,6-8H,4-5,9H2,1H3,(H2,16,17,18);9-10H,5-8H2,1-4H3. The zero-order valence-corrected chi connectivity index (χ0v) is 19.7. The van der Waals surface area contributed by atoms with Crippen LogP contribution in [0.5, 0.6) is 5.75 Å². The van der Waals surface area contributed by atoms with Gasteiger partial charge in [0.25, 0.3) is 0 Å². The van der Waals surface area contributed by atoms with Gasteiger partial charge < -0.3 is 15.4 Å². The lowest BCUT2D eigenvalue weighted by Crippen LogP contribution is -2.30. The molecule has 1 aliphatic heterocycles. The van der Waals surface area contributed by atoms with E-state index in [4.69, 9.17) is 10.5 Å². The molecule has 6 nitrogen and oxygen atoms in total. The number of anilines is 1. The molecule has 1 amide bonds. The fraction of sp³-hybridized carbons (Fsp3) is 0.560. The number of hydrogen-bond donors (Lipinski definition) is 1. The van der Waals surface area contributed by atoms with Crippen molar-refractivity contribution in [3.05, 3.63) is 36.2 Å². The minimum absolute atomic E-state index is 0.0488. The molecule has 0 saturated heterocycles. The summed E-state index contributed by atoms with van der Waals surface area (Å²) in [5.74, 6) is 2.96. The van der Waals surface area contributed by atoms with Gasteiger partial charge in [-0.1, -0.05) is 59.4 Å². The lowest BCUT2D eigenvalue weighted by Gasteiger charge is -2.17. The highest BCUT2D eigenvalue weighted by Crippen LogP contribution is 2.29. The summed E-state index contributed by atoms with van der Waals surface area (Å²) < 4.78 is 5.69.